The van der Waals surface area contributed by atoms with Gasteiger partial charge in [-0.1, -0.05) is 78.8 Å². The average Bonchev–Trinajstić information content (AvgIpc) is 3.18. The zero-order chi connectivity index (χ0) is 19.9. The molecule has 0 aliphatic carbocycles. The molecule has 0 saturated heterocycles. The molecule has 0 spiro atoms. The van der Waals surface area contributed by atoms with Crippen LogP contribution in [0.2, 0.25) is 0 Å². The molecule has 0 radical (unpaired) electrons. The predicted octanol–water partition coefficient (Wildman–Crippen LogP) is 4.57. The summed E-state index contributed by atoms with van der Waals surface area (Å²) in [5.74, 6) is 1.03. The molecule has 146 valence electrons. The summed E-state index contributed by atoms with van der Waals surface area (Å²) in [5, 5.41) is 10.6. The van der Waals surface area contributed by atoms with Gasteiger partial charge in [-0.15, -0.1) is 5.10 Å². The van der Waals surface area contributed by atoms with Gasteiger partial charge in [-0.05, 0) is 25.8 Å². The van der Waals surface area contributed by atoms with Gasteiger partial charge in [0, 0.05) is 18.0 Å². The van der Waals surface area contributed by atoms with Crippen LogP contribution in [0.25, 0.3) is 11.4 Å². The molecule has 28 heavy (non-hydrogen) atoms. The number of aryl methyl sites for hydroxylation is 1. The smallest absolute Gasteiger partial charge is 0.233 e. The molecule has 0 aliphatic heterocycles. The van der Waals surface area contributed by atoms with Crippen LogP contribution in [0.3, 0.4) is 0 Å². The van der Waals surface area contributed by atoms with E-state index in [1.165, 1.54) is 22.9 Å². The molecule has 1 aromatic heterocycles. The number of nitrogens with zero attached hydrogens (tertiary/aromatic N) is 2. The normalized spacial score (nSPS) is 13.1. The highest BCUT2D eigenvalue weighted by atomic mass is 32.2. The van der Waals surface area contributed by atoms with Crippen LogP contribution >= 0.6 is 11.8 Å². The predicted molar refractivity (Wildman–Crippen MR) is 114 cm³/mol. The summed E-state index contributed by atoms with van der Waals surface area (Å²) < 4.78 is 0. The highest BCUT2D eigenvalue weighted by Gasteiger charge is 2.19. The minimum Gasteiger partial charge on any atom is -0.355 e. The molecule has 0 unspecified atom stereocenters. The Labute approximate surface area is 170 Å². The van der Waals surface area contributed by atoms with E-state index in [4.69, 9.17) is 0 Å². The number of thioether (sulfide) groups is 1. The Morgan fingerprint density at radius 2 is 1.86 bits per heavy atom. The molecule has 1 amide bonds. The highest BCUT2D eigenvalue weighted by molar-refractivity contribution is 8.00. The van der Waals surface area contributed by atoms with Gasteiger partial charge in [0.2, 0.25) is 11.1 Å². The third-order valence-electron chi connectivity index (χ3n) is 4.73. The molecule has 0 saturated carbocycles. The molecule has 2 aromatic carbocycles. The Bertz CT molecular complexity index is 892. The number of hydrogen-bond donors (Lipinski definition) is 2. The molecule has 5 nitrogen and oxygen atoms in total. The van der Waals surface area contributed by atoms with Crippen LogP contribution in [0.4, 0.5) is 0 Å². The second-order valence-corrected chi connectivity index (χ2v) is 8.16. The van der Waals surface area contributed by atoms with Crippen molar-refractivity contribution in [2.24, 2.45) is 0 Å². The van der Waals surface area contributed by atoms with Crippen molar-refractivity contribution in [2.75, 3.05) is 6.54 Å². The standard InChI is InChI=1S/C22H26N4OS/c1-4-17(18-8-6-5-7-9-18)14-23-21(27)16(3)28-22-24-20(25-26-22)19-12-10-15(2)11-13-19/h5-13,16-17H,4,14H2,1-3H3,(H,23,27)(H,24,25,26)/t16-,17-/m0/s1. The summed E-state index contributed by atoms with van der Waals surface area (Å²) in [6, 6.07) is 18.4. The van der Waals surface area contributed by atoms with Gasteiger partial charge in [-0.25, -0.2) is 4.98 Å². The number of aromatic nitrogens is 3. The molecular formula is C22H26N4OS. The molecule has 2 atom stereocenters. The maximum absolute atomic E-state index is 12.5. The summed E-state index contributed by atoms with van der Waals surface area (Å²) in [6.07, 6.45) is 0.979. The van der Waals surface area contributed by atoms with Gasteiger partial charge in [0.25, 0.3) is 0 Å². The first-order valence-electron chi connectivity index (χ1n) is 9.55. The van der Waals surface area contributed by atoms with Gasteiger partial charge in [0.1, 0.15) is 0 Å². The number of nitrogens with one attached hydrogen (secondary N) is 2. The van der Waals surface area contributed by atoms with Crippen LogP contribution in [-0.2, 0) is 4.79 Å². The van der Waals surface area contributed by atoms with E-state index in [9.17, 15) is 4.79 Å². The minimum absolute atomic E-state index is 0.000988. The molecule has 1 heterocycles. The van der Waals surface area contributed by atoms with Crippen LogP contribution < -0.4 is 5.32 Å². The zero-order valence-electron chi connectivity index (χ0n) is 16.5. The molecule has 6 heteroatoms. The fourth-order valence-corrected chi connectivity index (χ4v) is 3.69. The number of aromatic amines is 1. The summed E-state index contributed by atoms with van der Waals surface area (Å²) in [5.41, 5.74) is 3.43. The Morgan fingerprint density at radius 1 is 1.14 bits per heavy atom. The van der Waals surface area contributed by atoms with Crippen molar-refractivity contribution >= 4 is 17.7 Å². The van der Waals surface area contributed by atoms with Crippen molar-refractivity contribution in [2.45, 2.75) is 43.5 Å². The number of amides is 1. The summed E-state index contributed by atoms with van der Waals surface area (Å²) >= 11 is 1.36. The van der Waals surface area contributed by atoms with Gasteiger partial charge in [0.05, 0.1) is 5.25 Å². The van der Waals surface area contributed by atoms with Crippen molar-refractivity contribution in [3.63, 3.8) is 0 Å². The van der Waals surface area contributed by atoms with Crippen LogP contribution in [0.1, 0.15) is 37.3 Å². The van der Waals surface area contributed by atoms with E-state index >= 15 is 0 Å². The first kappa shape index (κ1) is 20.1. The SMILES string of the molecule is CC[C@@H](CNC(=O)[C@H](C)Sc1n[nH]c(-c2ccc(C)cc2)n1)c1ccccc1. The lowest BCUT2D eigenvalue weighted by Crippen LogP contribution is -2.34. The van der Waals surface area contributed by atoms with E-state index in [1.807, 2.05) is 56.3 Å². The van der Waals surface area contributed by atoms with Gasteiger partial charge in [0.15, 0.2) is 5.82 Å². The molecule has 3 rings (SSSR count). The van der Waals surface area contributed by atoms with Gasteiger partial charge < -0.3 is 5.32 Å². The summed E-state index contributed by atoms with van der Waals surface area (Å²) in [7, 11) is 0. The number of benzene rings is 2. The molecule has 3 aromatic rings. The fourth-order valence-electron chi connectivity index (χ4n) is 2.94. The maximum atomic E-state index is 12.5. The second kappa shape index (κ2) is 9.55. The first-order chi connectivity index (χ1) is 13.6. The average molecular weight is 395 g/mol. The lowest BCUT2D eigenvalue weighted by atomic mass is 9.96. The molecular weight excluding hydrogens is 368 g/mol. The molecule has 0 bridgehead atoms. The van der Waals surface area contributed by atoms with E-state index in [1.54, 1.807) is 0 Å². The van der Waals surface area contributed by atoms with Gasteiger partial charge in [-0.3, -0.25) is 9.89 Å². The van der Waals surface area contributed by atoms with Crippen molar-refractivity contribution in [3.05, 3.63) is 65.7 Å². The fraction of sp³-hybridized carbons (Fsp3) is 0.318. The van der Waals surface area contributed by atoms with Crippen molar-refractivity contribution in [1.82, 2.24) is 20.5 Å². The third kappa shape index (κ3) is 5.23. The van der Waals surface area contributed by atoms with E-state index in [0.717, 1.165) is 12.0 Å². The van der Waals surface area contributed by atoms with E-state index in [-0.39, 0.29) is 11.2 Å². The zero-order valence-corrected chi connectivity index (χ0v) is 17.3. The monoisotopic (exact) mass is 394 g/mol. The second-order valence-electron chi connectivity index (χ2n) is 6.85. The molecule has 0 fully saturated rings. The molecule has 2 N–H and O–H groups in total. The summed E-state index contributed by atoms with van der Waals surface area (Å²) in [6.45, 7) is 6.70. The van der Waals surface area contributed by atoms with E-state index < -0.39 is 0 Å². The highest BCUT2D eigenvalue weighted by Crippen LogP contribution is 2.23. The number of carbonyl (C=O) groups is 1. The number of carbonyl (C=O) groups excluding carboxylic acids is 1. The van der Waals surface area contributed by atoms with E-state index in [0.29, 0.717) is 23.4 Å². The Kier molecular flexibility index (Phi) is 6.87. The third-order valence-corrected chi connectivity index (χ3v) is 5.69. The lowest BCUT2D eigenvalue weighted by molar-refractivity contribution is -0.120. The van der Waals surface area contributed by atoms with Crippen LogP contribution in [0.5, 0.6) is 0 Å². The summed E-state index contributed by atoms with van der Waals surface area (Å²) in [4.78, 5) is 17.0. The quantitative estimate of drug-likeness (QED) is 0.549. The largest absolute Gasteiger partial charge is 0.355 e. The van der Waals surface area contributed by atoms with Crippen LogP contribution in [-0.4, -0.2) is 32.9 Å². The lowest BCUT2D eigenvalue weighted by Gasteiger charge is -2.17. The van der Waals surface area contributed by atoms with Gasteiger partial charge >= 0.3 is 0 Å². The number of rotatable bonds is 8. The van der Waals surface area contributed by atoms with Gasteiger partial charge in [-0.2, -0.15) is 0 Å². The number of hydrogen-bond acceptors (Lipinski definition) is 4. The maximum Gasteiger partial charge on any atom is 0.233 e. The first-order valence-corrected chi connectivity index (χ1v) is 10.4. The Morgan fingerprint density at radius 3 is 2.54 bits per heavy atom. The van der Waals surface area contributed by atoms with E-state index in [2.05, 4.69) is 39.6 Å². The number of H-pyrrole nitrogens is 1. The Balaban J connectivity index is 1.55. The van der Waals surface area contributed by atoms with Crippen LogP contribution in [0, 0.1) is 6.92 Å². The molecule has 0 aliphatic rings. The van der Waals surface area contributed by atoms with Crippen molar-refractivity contribution in [1.29, 1.82) is 0 Å². The van der Waals surface area contributed by atoms with Crippen LogP contribution in [0.15, 0.2) is 59.8 Å². The van der Waals surface area contributed by atoms with Crippen molar-refractivity contribution < 1.29 is 4.79 Å². The van der Waals surface area contributed by atoms with Crippen molar-refractivity contribution in [3.8, 4) is 11.4 Å². The Hall–Kier alpha value is -2.60. The minimum atomic E-state index is -0.269. The topological polar surface area (TPSA) is 70.7 Å².